The van der Waals surface area contributed by atoms with Gasteiger partial charge in [0.15, 0.2) is 0 Å². The van der Waals surface area contributed by atoms with E-state index in [0.29, 0.717) is 0 Å². The Bertz CT molecular complexity index is 1350. The average Bonchev–Trinajstić information content (AvgIpc) is 3.02. The fourth-order valence-electron chi connectivity index (χ4n) is 4.00. The van der Waals surface area contributed by atoms with E-state index in [1.165, 1.54) is 0 Å². The molecule has 0 aliphatic carbocycles. The minimum Gasteiger partial charge on any atom is -0.478 e. The Morgan fingerprint density at radius 1 is 0.345 bits per heavy atom. The van der Waals surface area contributed by atoms with E-state index in [9.17, 15) is 134 Å². The van der Waals surface area contributed by atoms with E-state index in [0.717, 1.165) is 0 Å². The van der Waals surface area contributed by atoms with Gasteiger partial charge in [0, 0.05) is 24.0 Å². The van der Waals surface area contributed by atoms with Crippen LogP contribution in [0.5, 0.6) is 0 Å². The third-order valence-electron chi connectivity index (χ3n) is 7.43. The molecular formula is C26H22F26O4S2. The van der Waals surface area contributed by atoms with Gasteiger partial charge in [0.2, 0.25) is 0 Å². The topological polar surface area (TPSA) is 74.6 Å². The van der Waals surface area contributed by atoms with E-state index in [2.05, 4.69) is 0 Å². The van der Waals surface area contributed by atoms with Gasteiger partial charge in [-0.3, -0.25) is 0 Å². The molecule has 0 bridgehead atoms. The summed E-state index contributed by atoms with van der Waals surface area (Å²) in [6.07, 6.45) is -23.5. The molecule has 0 unspecified atom stereocenters. The zero-order chi connectivity index (χ0) is 46.8. The lowest BCUT2D eigenvalue weighted by molar-refractivity contribution is -0.439. The van der Waals surface area contributed by atoms with Gasteiger partial charge < -0.3 is 10.2 Å². The summed E-state index contributed by atoms with van der Waals surface area (Å²) in [7, 11) is 0. The normalized spacial score (nSPS) is 15.8. The van der Waals surface area contributed by atoms with Gasteiger partial charge in [0.05, 0.1) is 0 Å². The third kappa shape index (κ3) is 10.4. The van der Waals surface area contributed by atoms with E-state index in [1.54, 1.807) is 0 Å². The standard InChI is InChI=1S/C26H22F26O4S2/c27-15(28,17(31,32)19(35,36)21(39,40)23(43,44)25(47,48)49)5-9-57-7-1-3-11(13(53)54)12(14(55)56)4-2-8-58-10-6-16(29,30)18(33,34)20(37,38)22(41,42)24(45,46)26(50,51)52/h1-10H2,(H,53,54)(H,55,56)/b12-11+. The van der Waals surface area contributed by atoms with Gasteiger partial charge in [-0.15, -0.1) is 0 Å². The summed E-state index contributed by atoms with van der Waals surface area (Å²) in [6, 6.07) is 0. The number of alkyl halides is 26. The molecule has 0 aliphatic heterocycles. The number of carboxylic acid groups (broad SMARTS) is 2. The first-order valence-electron chi connectivity index (χ1n) is 14.6. The smallest absolute Gasteiger partial charge is 0.460 e. The van der Waals surface area contributed by atoms with Crippen LogP contribution in [0.4, 0.5) is 114 Å². The summed E-state index contributed by atoms with van der Waals surface area (Å²) in [4.78, 5) is 23.1. The fourth-order valence-corrected chi connectivity index (χ4v) is 5.91. The molecule has 0 spiro atoms. The molecule has 0 aromatic heterocycles. The lowest BCUT2D eigenvalue weighted by atomic mass is 9.93. The summed E-state index contributed by atoms with van der Waals surface area (Å²) in [5.74, 6) is -84.5. The van der Waals surface area contributed by atoms with E-state index >= 15 is 0 Å². The van der Waals surface area contributed by atoms with E-state index < -0.39 is 156 Å². The van der Waals surface area contributed by atoms with Crippen molar-refractivity contribution >= 4 is 35.5 Å². The van der Waals surface area contributed by atoms with E-state index in [4.69, 9.17) is 0 Å². The number of halogens is 26. The van der Waals surface area contributed by atoms with Crippen LogP contribution in [0, 0.1) is 0 Å². The summed E-state index contributed by atoms with van der Waals surface area (Å²) in [5, 5.41) is 18.6. The van der Waals surface area contributed by atoms with Crippen molar-refractivity contribution < 1.29 is 134 Å². The number of carboxylic acids is 2. The second-order valence-electron chi connectivity index (χ2n) is 11.5. The quantitative estimate of drug-likeness (QED) is 0.0570. The number of aliphatic carboxylic acids is 2. The van der Waals surface area contributed by atoms with Crippen molar-refractivity contribution in [3.05, 3.63) is 11.1 Å². The zero-order valence-corrected chi connectivity index (χ0v) is 29.1. The number of hydrogen-bond donors (Lipinski definition) is 2. The van der Waals surface area contributed by atoms with Crippen LogP contribution >= 0.6 is 23.5 Å². The Kier molecular flexibility index (Phi) is 17.1. The van der Waals surface area contributed by atoms with Gasteiger partial charge >= 0.3 is 83.5 Å². The molecule has 0 aromatic carbocycles. The van der Waals surface area contributed by atoms with E-state index in [1.807, 2.05) is 0 Å². The van der Waals surface area contributed by atoms with Crippen molar-refractivity contribution in [3.63, 3.8) is 0 Å². The summed E-state index contributed by atoms with van der Waals surface area (Å²) >= 11 is 0.00590. The SMILES string of the molecule is O=C(O)/C(CCCSCCC(F)(F)C(F)(F)C(F)(F)C(F)(F)C(F)(F)C(F)(F)F)=C(\CCCSCCC(F)(F)C(F)(F)C(F)(F)C(F)(F)C(F)(F)C(F)(F)F)C(=O)O. The molecule has 0 radical (unpaired) electrons. The van der Waals surface area contributed by atoms with Crippen molar-refractivity contribution in [2.75, 3.05) is 23.0 Å². The molecule has 0 aromatic rings. The number of carbonyl (C=O) groups is 2. The highest BCUT2D eigenvalue weighted by Gasteiger charge is 2.92. The molecule has 0 amide bonds. The van der Waals surface area contributed by atoms with Crippen LogP contribution in [0.25, 0.3) is 0 Å². The Morgan fingerprint density at radius 3 is 0.776 bits per heavy atom. The molecule has 32 heteroatoms. The monoisotopic (exact) mass is 956 g/mol. The molecule has 0 saturated heterocycles. The van der Waals surface area contributed by atoms with Gasteiger partial charge in [-0.1, -0.05) is 0 Å². The highest BCUT2D eigenvalue weighted by atomic mass is 32.2. The second-order valence-corrected chi connectivity index (χ2v) is 13.9. The first-order valence-corrected chi connectivity index (χ1v) is 16.9. The highest BCUT2D eigenvalue weighted by Crippen LogP contribution is 2.62. The maximum Gasteiger partial charge on any atom is 0.460 e. The average molecular weight is 957 g/mol. The minimum absolute atomic E-state index is 0.00295. The van der Waals surface area contributed by atoms with Crippen LogP contribution in [-0.2, 0) is 9.59 Å². The summed E-state index contributed by atoms with van der Waals surface area (Å²) in [6.45, 7) is 0. The molecule has 0 atom stereocenters. The zero-order valence-electron chi connectivity index (χ0n) is 27.4. The summed E-state index contributed by atoms with van der Waals surface area (Å²) in [5.41, 5.74) is -2.10. The van der Waals surface area contributed by atoms with Crippen molar-refractivity contribution in [2.45, 2.75) is 110 Å². The minimum atomic E-state index is -8.12. The molecule has 2 N–H and O–H groups in total. The van der Waals surface area contributed by atoms with Crippen molar-refractivity contribution in [2.24, 2.45) is 0 Å². The Hall–Kier alpha value is -2.44. The van der Waals surface area contributed by atoms with Crippen LogP contribution < -0.4 is 0 Å². The van der Waals surface area contributed by atoms with Crippen LogP contribution in [0.2, 0.25) is 0 Å². The van der Waals surface area contributed by atoms with Gasteiger partial charge in [0.25, 0.3) is 0 Å². The van der Waals surface area contributed by atoms with Crippen LogP contribution in [0.15, 0.2) is 11.1 Å². The fraction of sp³-hybridized carbons (Fsp3) is 0.846. The van der Waals surface area contributed by atoms with Crippen molar-refractivity contribution in [1.29, 1.82) is 0 Å². The maximum absolute atomic E-state index is 13.9. The van der Waals surface area contributed by atoms with Crippen LogP contribution in [0.1, 0.15) is 38.5 Å². The number of hydrogen-bond acceptors (Lipinski definition) is 4. The molecule has 0 aliphatic rings. The maximum atomic E-state index is 13.9. The molecule has 4 nitrogen and oxygen atoms in total. The summed E-state index contributed by atoms with van der Waals surface area (Å²) < 4.78 is 343. The molecule has 0 fully saturated rings. The first kappa shape index (κ1) is 55.6. The largest absolute Gasteiger partial charge is 0.478 e. The van der Waals surface area contributed by atoms with Crippen molar-refractivity contribution in [1.82, 2.24) is 0 Å². The van der Waals surface area contributed by atoms with Crippen molar-refractivity contribution in [3.8, 4) is 0 Å². The molecule has 0 saturated carbocycles. The molecule has 58 heavy (non-hydrogen) atoms. The highest BCUT2D eigenvalue weighted by molar-refractivity contribution is 7.99. The molecule has 0 rings (SSSR count). The lowest BCUT2D eigenvalue weighted by Crippen LogP contribution is -2.70. The number of rotatable bonds is 24. The van der Waals surface area contributed by atoms with Crippen LogP contribution in [0.3, 0.4) is 0 Å². The van der Waals surface area contributed by atoms with E-state index in [-0.39, 0.29) is 23.5 Å². The van der Waals surface area contributed by atoms with Gasteiger partial charge in [-0.2, -0.15) is 138 Å². The Morgan fingerprint density at radius 2 is 0.569 bits per heavy atom. The molecular weight excluding hydrogens is 934 g/mol. The number of thioether (sulfide) groups is 2. The molecule has 344 valence electrons. The third-order valence-corrected chi connectivity index (χ3v) is 9.57. The van der Waals surface area contributed by atoms with Gasteiger partial charge in [-0.25, -0.2) is 9.59 Å². The van der Waals surface area contributed by atoms with Gasteiger partial charge in [-0.05, 0) is 48.7 Å². The first-order chi connectivity index (χ1) is 25.3. The lowest BCUT2D eigenvalue weighted by Gasteiger charge is -2.39. The van der Waals surface area contributed by atoms with Gasteiger partial charge in [0.1, 0.15) is 0 Å². The predicted molar refractivity (Wildman–Crippen MR) is 146 cm³/mol. The predicted octanol–water partition coefficient (Wildman–Crippen LogP) is 11.7. The Balaban J connectivity index is 5.51. The Labute approximate surface area is 314 Å². The second kappa shape index (κ2) is 17.9. The van der Waals surface area contributed by atoms with Crippen LogP contribution in [-0.4, -0.2) is 117 Å². The molecule has 0 heterocycles.